The number of hydrogen-bond acceptors (Lipinski definition) is 6. The van der Waals surface area contributed by atoms with E-state index in [2.05, 4.69) is 53.1 Å². The zero-order valence-corrected chi connectivity index (χ0v) is 22.1. The molecule has 0 radical (unpaired) electrons. The fourth-order valence-corrected chi connectivity index (χ4v) is 4.32. The first kappa shape index (κ1) is 25.9. The first-order chi connectivity index (χ1) is 18.8. The molecule has 1 aliphatic heterocycles. The fraction of sp³-hybridized carbons (Fsp3) is 0.241. The minimum atomic E-state index is -0.410. The number of nitrogens with zero attached hydrogens (tertiary/aromatic N) is 3. The smallest absolute Gasteiger partial charge is 0.324 e. The quantitative estimate of drug-likeness (QED) is 0.259. The highest BCUT2D eigenvalue weighted by atomic mass is 16.5. The Morgan fingerprint density at radius 3 is 2.67 bits per heavy atom. The average Bonchev–Trinajstić information content (AvgIpc) is 3.33. The van der Waals surface area contributed by atoms with Crippen LogP contribution in [0.3, 0.4) is 0 Å². The number of anilines is 2. The molecule has 39 heavy (non-hydrogen) atoms. The van der Waals surface area contributed by atoms with Gasteiger partial charge in [0.25, 0.3) is 0 Å². The van der Waals surface area contributed by atoms with E-state index in [4.69, 9.17) is 9.84 Å². The van der Waals surface area contributed by atoms with Gasteiger partial charge in [-0.3, -0.25) is 20.4 Å². The number of fused-ring (bicyclic) bond motifs is 1. The van der Waals surface area contributed by atoms with Gasteiger partial charge in [-0.1, -0.05) is 32.9 Å². The van der Waals surface area contributed by atoms with Crippen LogP contribution in [0.1, 0.15) is 37.6 Å². The SMILES string of the molecule is CC(C)(C)c1cc(NC(=O)Nc2cccc(Oc3cccnc3)c2)n(-c2ccc3c(c2)CC(NC=O)NC3)n1. The lowest BCUT2D eigenvalue weighted by Crippen LogP contribution is -2.45. The van der Waals surface area contributed by atoms with Gasteiger partial charge in [0.15, 0.2) is 0 Å². The number of urea groups is 1. The van der Waals surface area contributed by atoms with E-state index >= 15 is 0 Å². The van der Waals surface area contributed by atoms with Gasteiger partial charge in [-0.05, 0) is 47.5 Å². The molecule has 10 nitrogen and oxygen atoms in total. The summed E-state index contributed by atoms with van der Waals surface area (Å²) >= 11 is 0. The zero-order chi connectivity index (χ0) is 27.4. The molecule has 2 aromatic heterocycles. The number of carbonyl (C=O) groups is 2. The maximum absolute atomic E-state index is 13.1. The third kappa shape index (κ3) is 6.24. The summed E-state index contributed by atoms with van der Waals surface area (Å²) in [5, 5.41) is 16.8. The van der Waals surface area contributed by atoms with Crippen LogP contribution in [0, 0.1) is 0 Å². The lowest BCUT2D eigenvalue weighted by molar-refractivity contribution is -0.110. The summed E-state index contributed by atoms with van der Waals surface area (Å²) in [6, 6.07) is 18.3. The lowest BCUT2D eigenvalue weighted by atomic mass is 9.92. The maximum Gasteiger partial charge on any atom is 0.324 e. The summed E-state index contributed by atoms with van der Waals surface area (Å²) in [6.07, 6.45) is 4.52. The first-order valence-corrected chi connectivity index (χ1v) is 12.7. The minimum absolute atomic E-state index is 0.130. The Kier molecular flexibility index (Phi) is 7.29. The molecule has 1 atom stereocenters. The van der Waals surface area contributed by atoms with Crippen LogP contribution < -0.4 is 26.0 Å². The van der Waals surface area contributed by atoms with Crippen molar-refractivity contribution in [3.63, 3.8) is 0 Å². The molecular formula is C29H31N7O3. The van der Waals surface area contributed by atoms with Crippen LogP contribution in [0.4, 0.5) is 16.3 Å². The second-order valence-corrected chi connectivity index (χ2v) is 10.3. The summed E-state index contributed by atoms with van der Waals surface area (Å²) < 4.78 is 7.57. The van der Waals surface area contributed by atoms with Crippen LogP contribution in [0.2, 0.25) is 0 Å². The molecule has 0 saturated carbocycles. The summed E-state index contributed by atoms with van der Waals surface area (Å²) in [5.41, 5.74) is 4.27. The number of aromatic nitrogens is 3. The second-order valence-electron chi connectivity index (χ2n) is 10.3. The van der Waals surface area contributed by atoms with Crippen molar-refractivity contribution in [1.29, 1.82) is 0 Å². The standard InChI is InChI=1S/C29H31N7O3/c1-29(2,3)25-15-27(36(35-25)22-10-9-19-16-31-26(32-18-37)13-20(19)12-22)34-28(38)33-21-6-4-7-23(14-21)39-24-8-5-11-30-17-24/h4-12,14-15,17-18,26,31H,13,16H2,1-3H3,(H,32,37)(H2,33,34,38). The van der Waals surface area contributed by atoms with E-state index in [1.165, 1.54) is 0 Å². The van der Waals surface area contributed by atoms with Crippen LogP contribution in [0.5, 0.6) is 11.5 Å². The highest BCUT2D eigenvalue weighted by Gasteiger charge is 2.23. The molecule has 200 valence electrons. The van der Waals surface area contributed by atoms with Crippen LogP contribution in [-0.2, 0) is 23.2 Å². The molecule has 3 amide bonds. The maximum atomic E-state index is 13.1. The number of pyridine rings is 1. The van der Waals surface area contributed by atoms with Crippen LogP contribution in [-0.4, -0.2) is 33.4 Å². The van der Waals surface area contributed by atoms with Crippen molar-refractivity contribution in [1.82, 2.24) is 25.4 Å². The van der Waals surface area contributed by atoms with E-state index in [-0.39, 0.29) is 11.6 Å². The van der Waals surface area contributed by atoms with E-state index in [0.29, 0.717) is 42.4 Å². The van der Waals surface area contributed by atoms with Crippen LogP contribution >= 0.6 is 0 Å². The fourth-order valence-electron chi connectivity index (χ4n) is 4.32. The normalized spacial score (nSPS) is 14.7. The van der Waals surface area contributed by atoms with Crippen molar-refractivity contribution in [3.05, 3.63) is 89.9 Å². The van der Waals surface area contributed by atoms with Gasteiger partial charge in [-0.2, -0.15) is 5.10 Å². The Labute approximate surface area is 226 Å². The third-order valence-corrected chi connectivity index (χ3v) is 6.35. The van der Waals surface area contributed by atoms with E-state index in [1.54, 1.807) is 41.3 Å². The van der Waals surface area contributed by atoms with Crippen LogP contribution in [0.25, 0.3) is 5.69 Å². The minimum Gasteiger partial charge on any atom is -0.456 e. The number of carbonyl (C=O) groups excluding carboxylic acids is 2. The molecule has 10 heteroatoms. The molecule has 1 aliphatic rings. The van der Waals surface area contributed by atoms with Crippen molar-refractivity contribution in [2.24, 2.45) is 0 Å². The lowest BCUT2D eigenvalue weighted by Gasteiger charge is -2.26. The first-order valence-electron chi connectivity index (χ1n) is 12.7. The number of amides is 3. The van der Waals surface area contributed by atoms with Gasteiger partial charge >= 0.3 is 6.03 Å². The number of rotatable bonds is 7. The molecular weight excluding hydrogens is 494 g/mol. The van der Waals surface area contributed by atoms with Gasteiger partial charge in [-0.25, -0.2) is 9.48 Å². The Morgan fingerprint density at radius 2 is 1.90 bits per heavy atom. The molecule has 4 aromatic rings. The Balaban J connectivity index is 1.37. The Morgan fingerprint density at radius 1 is 1.05 bits per heavy atom. The average molecular weight is 526 g/mol. The summed E-state index contributed by atoms with van der Waals surface area (Å²) in [7, 11) is 0. The molecule has 5 rings (SSSR count). The highest BCUT2D eigenvalue weighted by Crippen LogP contribution is 2.29. The van der Waals surface area contributed by atoms with Gasteiger partial charge in [0.05, 0.1) is 23.7 Å². The predicted molar refractivity (Wildman–Crippen MR) is 149 cm³/mol. The molecule has 0 saturated heterocycles. The number of benzene rings is 2. The summed E-state index contributed by atoms with van der Waals surface area (Å²) in [6.45, 7) is 6.88. The van der Waals surface area contributed by atoms with Crippen molar-refractivity contribution in [2.45, 2.75) is 45.3 Å². The van der Waals surface area contributed by atoms with E-state index < -0.39 is 6.03 Å². The molecule has 2 aromatic carbocycles. The van der Waals surface area contributed by atoms with Crippen molar-refractivity contribution >= 4 is 23.9 Å². The van der Waals surface area contributed by atoms with Gasteiger partial charge in [-0.15, -0.1) is 0 Å². The van der Waals surface area contributed by atoms with Gasteiger partial charge in [0.1, 0.15) is 17.3 Å². The van der Waals surface area contributed by atoms with E-state index in [9.17, 15) is 9.59 Å². The highest BCUT2D eigenvalue weighted by molar-refractivity contribution is 5.99. The number of ether oxygens (including phenoxy) is 1. The van der Waals surface area contributed by atoms with Gasteiger partial charge in [0.2, 0.25) is 6.41 Å². The molecule has 0 bridgehead atoms. The van der Waals surface area contributed by atoms with Crippen LogP contribution in [0.15, 0.2) is 73.1 Å². The van der Waals surface area contributed by atoms with Gasteiger partial charge in [0, 0.05) is 42.4 Å². The summed E-state index contributed by atoms with van der Waals surface area (Å²) in [5.74, 6) is 1.72. The third-order valence-electron chi connectivity index (χ3n) is 6.35. The predicted octanol–water partition coefficient (Wildman–Crippen LogP) is 4.72. The zero-order valence-electron chi connectivity index (χ0n) is 22.1. The molecule has 4 N–H and O–H groups in total. The monoisotopic (exact) mass is 525 g/mol. The Bertz CT molecular complexity index is 1480. The van der Waals surface area contributed by atoms with E-state index in [0.717, 1.165) is 22.5 Å². The molecule has 0 aliphatic carbocycles. The molecule has 1 unspecified atom stereocenters. The molecule has 0 spiro atoms. The topological polar surface area (TPSA) is 122 Å². The van der Waals surface area contributed by atoms with E-state index in [1.807, 2.05) is 30.3 Å². The van der Waals surface area contributed by atoms with Crippen molar-refractivity contribution in [2.75, 3.05) is 10.6 Å². The molecule has 0 fully saturated rings. The van der Waals surface area contributed by atoms with Crippen molar-refractivity contribution < 1.29 is 14.3 Å². The Hall–Kier alpha value is -4.70. The molecule has 3 heterocycles. The second kappa shape index (κ2) is 11.0. The summed E-state index contributed by atoms with van der Waals surface area (Å²) in [4.78, 5) is 28.1. The largest absolute Gasteiger partial charge is 0.456 e. The number of hydrogen-bond donors (Lipinski definition) is 4. The number of nitrogens with one attached hydrogen (secondary N) is 4. The van der Waals surface area contributed by atoms with Crippen molar-refractivity contribution in [3.8, 4) is 17.2 Å². The van der Waals surface area contributed by atoms with Gasteiger partial charge < -0.3 is 15.4 Å².